The van der Waals surface area contributed by atoms with Gasteiger partial charge in [-0.15, -0.1) is 11.3 Å². The van der Waals surface area contributed by atoms with E-state index in [1.807, 2.05) is 13.2 Å². The molecule has 0 amide bonds. The topological polar surface area (TPSA) is 41.1 Å². The van der Waals surface area contributed by atoms with Crippen LogP contribution in [0.2, 0.25) is 0 Å². The minimum atomic E-state index is 0.806. The molecule has 0 fully saturated rings. The van der Waals surface area contributed by atoms with Gasteiger partial charge in [0.2, 0.25) is 0 Å². The van der Waals surface area contributed by atoms with Gasteiger partial charge in [-0.1, -0.05) is 13.0 Å². The van der Waals surface area contributed by atoms with Gasteiger partial charge in [0.15, 0.2) is 0 Å². The molecule has 4 nitrogen and oxygen atoms in total. The van der Waals surface area contributed by atoms with Crippen LogP contribution in [0.4, 0.5) is 5.82 Å². The highest BCUT2D eigenvalue weighted by molar-refractivity contribution is 7.09. The van der Waals surface area contributed by atoms with Gasteiger partial charge in [0.25, 0.3) is 0 Å². The second-order valence-corrected chi connectivity index (χ2v) is 5.06. The number of nitrogens with zero attached hydrogens (tertiary/aromatic N) is 3. The van der Waals surface area contributed by atoms with Crippen LogP contribution in [-0.2, 0) is 13.1 Å². The minimum Gasteiger partial charge on any atom is -0.372 e. The summed E-state index contributed by atoms with van der Waals surface area (Å²) >= 11 is 1.80. The van der Waals surface area contributed by atoms with Gasteiger partial charge < -0.3 is 5.32 Å². The molecular formula is C13H18N4S. The van der Waals surface area contributed by atoms with Crippen molar-refractivity contribution in [2.45, 2.75) is 20.0 Å². The van der Waals surface area contributed by atoms with Crippen LogP contribution in [0.5, 0.6) is 0 Å². The van der Waals surface area contributed by atoms with E-state index in [1.165, 1.54) is 4.88 Å². The summed E-state index contributed by atoms with van der Waals surface area (Å²) < 4.78 is 0. The third-order valence-corrected chi connectivity index (χ3v) is 3.61. The Labute approximate surface area is 112 Å². The lowest BCUT2D eigenvalue weighted by atomic mass is 10.3. The third-order valence-electron chi connectivity index (χ3n) is 2.75. The number of hydrogen-bond acceptors (Lipinski definition) is 5. The van der Waals surface area contributed by atoms with E-state index >= 15 is 0 Å². The summed E-state index contributed by atoms with van der Waals surface area (Å²) in [4.78, 5) is 12.4. The van der Waals surface area contributed by atoms with Gasteiger partial charge in [-0.3, -0.25) is 9.88 Å². The van der Waals surface area contributed by atoms with Crippen molar-refractivity contribution >= 4 is 17.2 Å². The highest BCUT2D eigenvalue weighted by atomic mass is 32.1. The van der Waals surface area contributed by atoms with Crippen LogP contribution in [0.15, 0.2) is 29.9 Å². The number of thiophene rings is 1. The number of rotatable bonds is 6. The first-order valence-electron chi connectivity index (χ1n) is 6.05. The third kappa shape index (κ3) is 3.51. The smallest absolute Gasteiger partial charge is 0.144 e. The molecule has 2 heterocycles. The number of anilines is 1. The van der Waals surface area contributed by atoms with Crippen LogP contribution < -0.4 is 5.32 Å². The molecule has 0 aliphatic carbocycles. The Bertz CT molecular complexity index is 452. The van der Waals surface area contributed by atoms with Crippen molar-refractivity contribution in [3.05, 3.63) is 40.5 Å². The van der Waals surface area contributed by atoms with Crippen molar-refractivity contribution < 1.29 is 0 Å². The van der Waals surface area contributed by atoms with Crippen molar-refractivity contribution in [3.8, 4) is 0 Å². The lowest BCUT2D eigenvalue weighted by Gasteiger charge is -2.18. The maximum atomic E-state index is 4.40. The first-order valence-corrected chi connectivity index (χ1v) is 6.93. The molecule has 2 aromatic rings. The van der Waals surface area contributed by atoms with Crippen LogP contribution in [0, 0.1) is 0 Å². The molecule has 18 heavy (non-hydrogen) atoms. The molecule has 0 aromatic carbocycles. The van der Waals surface area contributed by atoms with Crippen LogP contribution in [0.25, 0.3) is 0 Å². The van der Waals surface area contributed by atoms with Crippen molar-refractivity contribution in [1.82, 2.24) is 14.9 Å². The quantitative estimate of drug-likeness (QED) is 0.869. The zero-order chi connectivity index (χ0) is 12.8. The number of nitrogens with one attached hydrogen (secondary N) is 1. The highest BCUT2D eigenvalue weighted by Crippen LogP contribution is 2.13. The van der Waals surface area contributed by atoms with E-state index in [1.54, 1.807) is 17.5 Å². The molecular weight excluding hydrogens is 244 g/mol. The number of aromatic nitrogens is 2. The molecule has 0 unspecified atom stereocenters. The molecule has 2 rings (SSSR count). The predicted molar refractivity (Wildman–Crippen MR) is 75.7 cm³/mol. The maximum absolute atomic E-state index is 4.40. The molecule has 1 N–H and O–H groups in total. The van der Waals surface area contributed by atoms with Crippen LogP contribution in [0.3, 0.4) is 0 Å². The lowest BCUT2D eigenvalue weighted by Crippen LogP contribution is -2.22. The summed E-state index contributed by atoms with van der Waals surface area (Å²) in [5.41, 5.74) is 1.01. The monoisotopic (exact) mass is 262 g/mol. The second-order valence-electron chi connectivity index (χ2n) is 4.03. The molecule has 2 aromatic heterocycles. The molecule has 0 bridgehead atoms. The summed E-state index contributed by atoms with van der Waals surface area (Å²) in [6.45, 7) is 4.99. The fraction of sp³-hybridized carbons (Fsp3) is 0.385. The van der Waals surface area contributed by atoms with Gasteiger partial charge in [-0.25, -0.2) is 4.98 Å². The van der Waals surface area contributed by atoms with Crippen molar-refractivity contribution in [2.75, 3.05) is 18.9 Å². The molecule has 0 saturated carbocycles. The van der Waals surface area contributed by atoms with Crippen molar-refractivity contribution in [2.24, 2.45) is 0 Å². The zero-order valence-corrected chi connectivity index (χ0v) is 11.6. The van der Waals surface area contributed by atoms with Gasteiger partial charge in [0.05, 0.1) is 18.1 Å². The van der Waals surface area contributed by atoms with Crippen molar-refractivity contribution in [1.29, 1.82) is 0 Å². The summed E-state index contributed by atoms with van der Waals surface area (Å²) in [6.07, 6.45) is 3.61. The first kappa shape index (κ1) is 13.0. The Kier molecular flexibility index (Phi) is 4.66. The van der Waals surface area contributed by atoms with Gasteiger partial charge >= 0.3 is 0 Å². The molecule has 0 atom stereocenters. The fourth-order valence-electron chi connectivity index (χ4n) is 1.70. The Hall–Kier alpha value is -1.46. The normalized spacial score (nSPS) is 10.8. The van der Waals surface area contributed by atoms with Crippen molar-refractivity contribution in [3.63, 3.8) is 0 Å². The minimum absolute atomic E-state index is 0.806. The molecule has 0 aliphatic rings. The Morgan fingerprint density at radius 1 is 1.28 bits per heavy atom. The van der Waals surface area contributed by atoms with E-state index < -0.39 is 0 Å². The van der Waals surface area contributed by atoms with E-state index in [-0.39, 0.29) is 0 Å². The van der Waals surface area contributed by atoms with E-state index in [9.17, 15) is 0 Å². The Morgan fingerprint density at radius 2 is 2.17 bits per heavy atom. The molecule has 0 radical (unpaired) electrons. The van der Waals surface area contributed by atoms with Crippen LogP contribution in [0.1, 0.15) is 17.5 Å². The Morgan fingerprint density at radius 3 is 2.72 bits per heavy atom. The largest absolute Gasteiger partial charge is 0.372 e. The summed E-state index contributed by atoms with van der Waals surface area (Å²) in [6, 6.07) is 4.26. The van der Waals surface area contributed by atoms with Crippen LogP contribution >= 0.6 is 11.3 Å². The zero-order valence-electron chi connectivity index (χ0n) is 10.8. The predicted octanol–water partition coefficient (Wildman–Crippen LogP) is 2.60. The molecule has 0 saturated heterocycles. The number of hydrogen-bond donors (Lipinski definition) is 1. The van der Waals surface area contributed by atoms with E-state index in [0.717, 1.165) is 31.1 Å². The SMILES string of the molecule is CCN(Cc1cnc(NC)cn1)Cc1cccs1. The second kappa shape index (κ2) is 6.47. The van der Waals surface area contributed by atoms with Gasteiger partial charge in [-0.2, -0.15) is 0 Å². The first-order chi connectivity index (χ1) is 8.81. The van der Waals surface area contributed by atoms with E-state index in [4.69, 9.17) is 0 Å². The highest BCUT2D eigenvalue weighted by Gasteiger charge is 2.07. The maximum Gasteiger partial charge on any atom is 0.144 e. The standard InChI is InChI=1S/C13H18N4S/c1-3-17(10-12-5-4-6-18-12)9-11-7-16-13(14-2)8-15-11/h4-8H,3,9-10H2,1-2H3,(H,14,16). The van der Waals surface area contributed by atoms with Gasteiger partial charge in [0, 0.05) is 25.0 Å². The van der Waals surface area contributed by atoms with Crippen LogP contribution in [-0.4, -0.2) is 28.5 Å². The molecule has 96 valence electrons. The van der Waals surface area contributed by atoms with E-state index in [0.29, 0.717) is 0 Å². The van der Waals surface area contributed by atoms with Gasteiger partial charge in [0.1, 0.15) is 5.82 Å². The average Bonchev–Trinajstić information content (AvgIpc) is 2.91. The summed E-state index contributed by atoms with van der Waals surface area (Å²) in [5, 5.41) is 5.09. The molecule has 0 spiro atoms. The summed E-state index contributed by atoms with van der Waals surface area (Å²) in [7, 11) is 1.85. The van der Waals surface area contributed by atoms with E-state index in [2.05, 4.69) is 44.6 Å². The van der Waals surface area contributed by atoms with Gasteiger partial charge in [-0.05, 0) is 18.0 Å². The summed E-state index contributed by atoms with van der Waals surface area (Å²) in [5.74, 6) is 0.806. The fourth-order valence-corrected chi connectivity index (χ4v) is 2.44. The molecule has 0 aliphatic heterocycles. The Balaban J connectivity index is 1.96. The lowest BCUT2D eigenvalue weighted by molar-refractivity contribution is 0.270. The average molecular weight is 262 g/mol. The molecule has 5 heteroatoms.